The van der Waals surface area contributed by atoms with Crippen molar-refractivity contribution in [2.24, 2.45) is 5.41 Å². The summed E-state index contributed by atoms with van der Waals surface area (Å²) in [6.45, 7) is 2.86. The molecule has 4 nitrogen and oxygen atoms in total. The molecule has 0 radical (unpaired) electrons. The van der Waals surface area contributed by atoms with E-state index >= 15 is 0 Å². The fourth-order valence-electron chi connectivity index (χ4n) is 1.70. The highest BCUT2D eigenvalue weighted by Crippen LogP contribution is 2.31. The Morgan fingerprint density at radius 1 is 1.47 bits per heavy atom. The first-order valence-corrected chi connectivity index (χ1v) is 5.48. The molecule has 17 heavy (non-hydrogen) atoms. The molecule has 1 saturated heterocycles. The van der Waals surface area contributed by atoms with E-state index in [1.54, 1.807) is 24.3 Å². The lowest BCUT2D eigenvalue weighted by Gasteiger charge is -2.33. The van der Waals surface area contributed by atoms with E-state index in [1.165, 1.54) is 0 Å². The minimum Gasteiger partial charge on any atom is -0.494 e. The van der Waals surface area contributed by atoms with Gasteiger partial charge < -0.3 is 9.47 Å². The summed E-state index contributed by atoms with van der Waals surface area (Å²) in [6, 6.07) is 8.89. The van der Waals surface area contributed by atoms with Crippen molar-refractivity contribution < 1.29 is 14.3 Å². The van der Waals surface area contributed by atoms with E-state index in [0.29, 0.717) is 12.2 Å². The summed E-state index contributed by atoms with van der Waals surface area (Å²) >= 11 is 0. The number of nitrogens with zero attached hydrogens (tertiary/aromatic N) is 1. The molecule has 0 bridgehead atoms. The molecular formula is C13H13NO3. The Kier molecular flexibility index (Phi) is 3.12. The molecule has 0 atom stereocenters. The number of nitriles is 1. The van der Waals surface area contributed by atoms with Gasteiger partial charge in [-0.25, -0.2) is 0 Å². The quantitative estimate of drug-likeness (QED) is 0.741. The maximum absolute atomic E-state index is 12.1. The van der Waals surface area contributed by atoms with Gasteiger partial charge in [-0.2, -0.15) is 5.26 Å². The van der Waals surface area contributed by atoms with E-state index in [0.717, 1.165) is 5.75 Å². The first-order chi connectivity index (χ1) is 8.22. The van der Waals surface area contributed by atoms with E-state index in [2.05, 4.69) is 0 Å². The van der Waals surface area contributed by atoms with E-state index in [1.807, 2.05) is 13.0 Å². The van der Waals surface area contributed by atoms with Gasteiger partial charge >= 0.3 is 0 Å². The molecule has 4 heteroatoms. The number of carbonyl (C=O) groups is 1. The Morgan fingerprint density at radius 3 is 2.53 bits per heavy atom. The van der Waals surface area contributed by atoms with Crippen LogP contribution in [0, 0.1) is 16.7 Å². The molecule has 0 aliphatic carbocycles. The van der Waals surface area contributed by atoms with Gasteiger partial charge in [0.25, 0.3) is 0 Å². The average molecular weight is 231 g/mol. The summed E-state index contributed by atoms with van der Waals surface area (Å²) in [5.41, 5.74) is -0.453. The Hall–Kier alpha value is -1.86. The molecule has 88 valence electrons. The topological polar surface area (TPSA) is 59.3 Å². The Balaban J connectivity index is 2.18. The number of Topliss-reactive ketones (excluding diaryl/α,β-unsaturated/α-hetero) is 1. The zero-order chi connectivity index (χ0) is 12.3. The smallest absolute Gasteiger partial charge is 0.187 e. The summed E-state index contributed by atoms with van der Waals surface area (Å²) in [7, 11) is 0. The molecular weight excluding hydrogens is 218 g/mol. The molecule has 1 heterocycles. The number of ketones is 1. The molecule has 0 amide bonds. The van der Waals surface area contributed by atoms with Crippen molar-refractivity contribution in [3.63, 3.8) is 0 Å². The van der Waals surface area contributed by atoms with Crippen molar-refractivity contribution in [3.8, 4) is 11.8 Å². The van der Waals surface area contributed by atoms with Crippen LogP contribution in [-0.4, -0.2) is 25.6 Å². The molecule has 1 fully saturated rings. The maximum atomic E-state index is 12.1. The van der Waals surface area contributed by atoms with Crippen molar-refractivity contribution in [1.82, 2.24) is 0 Å². The SMILES string of the molecule is CCOc1ccc(C(=O)C2(C#N)COC2)cc1. The fraction of sp³-hybridized carbons (Fsp3) is 0.385. The molecule has 0 N–H and O–H groups in total. The second-order valence-electron chi connectivity index (χ2n) is 3.97. The normalized spacial score (nSPS) is 16.7. The van der Waals surface area contributed by atoms with Gasteiger partial charge in [-0.1, -0.05) is 0 Å². The van der Waals surface area contributed by atoms with Gasteiger partial charge in [0.15, 0.2) is 11.2 Å². The molecule has 1 aliphatic rings. The predicted octanol–water partition coefficient (Wildman–Crippen LogP) is 1.81. The summed E-state index contributed by atoms with van der Waals surface area (Å²) < 4.78 is 10.3. The number of ether oxygens (including phenoxy) is 2. The molecule has 1 aliphatic heterocycles. The van der Waals surface area contributed by atoms with Crippen LogP contribution in [0.2, 0.25) is 0 Å². The van der Waals surface area contributed by atoms with E-state index in [4.69, 9.17) is 14.7 Å². The van der Waals surface area contributed by atoms with Crippen LogP contribution < -0.4 is 4.74 Å². The van der Waals surface area contributed by atoms with Crippen LogP contribution in [0.3, 0.4) is 0 Å². The summed E-state index contributed by atoms with van der Waals surface area (Å²) in [6.07, 6.45) is 0. The second-order valence-corrected chi connectivity index (χ2v) is 3.97. The maximum Gasteiger partial charge on any atom is 0.187 e. The van der Waals surface area contributed by atoms with Crippen LogP contribution in [0.4, 0.5) is 0 Å². The summed E-state index contributed by atoms with van der Waals surface area (Å²) in [4.78, 5) is 12.1. The van der Waals surface area contributed by atoms with E-state index in [9.17, 15) is 4.79 Å². The molecule has 2 rings (SSSR count). The van der Waals surface area contributed by atoms with Gasteiger partial charge in [-0.05, 0) is 31.2 Å². The highest BCUT2D eigenvalue weighted by atomic mass is 16.5. The number of benzene rings is 1. The van der Waals surface area contributed by atoms with E-state index in [-0.39, 0.29) is 19.0 Å². The largest absolute Gasteiger partial charge is 0.494 e. The highest BCUT2D eigenvalue weighted by Gasteiger charge is 2.46. The Bertz CT molecular complexity index is 455. The monoisotopic (exact) mass is 231 g/mol. The second kappa shape index (κ2) is 4.56. The van der Waals surface area contributed by atoms with Crippen molar-refractivity contribution in [1.29, 1.82) is 5.26 Å². The Labute approximate surface area is 99.8 Å². The first kappa shape index (κ1) is 11.6. The van der Waals surface area contributed by atoms with Crippen LogP contribution >= 0.6 is 0 Å². The minimum atomic E-state index is -0.979. The molecule has 0 aromatic heterocycles. The van der Waals surface area contributed by atoms with Crippen LogP contribution in [0.15, 0.2) is 24.3 Å². The van der Waals surface area contributed by atoms with Gasteiger partial charge in [0, 0.05) is 5.56 Å². The van der Waals surface area contributed by atoms with Crippen molar-refractivity contribution >= 4 is 5.78 Å². The molecule has 1 aromatic rings. The van der Waals surface area contributed by atoms with E-state index < -0.39 is 5.41 Å². The van der Waals surface area contributed by atoms with Crippen molar-refractivity contribution in [3.05, 3.63) is 29.8 Å². The minimum absolute atomic E-state index is 0.172. The average Bonchev–Trinajstić information content (AvgIpc) is 2.29. The zero-order valence-corrected chi connectivity index (χ0v) is 9.60. The summed E-state index contributed by atoms with van der Waals surface area (Å²) in [5.74, 6) is 0.550. The Morgan fingerprint density at radius 2 is 2.12 bits per heavy atom. The van der Waals surface area contributed by atoms with Crippen LogP contribution in [0.25, 0.3) is 0 Å². The lowest BCUT2D eigenvalue weighted by molar-refractivity contribution is -0.0566. The predicted molar refractivity (Wildman–Crippen MR) is 60.8 cm³/mol. The number of carbonyl (C=O) groups excluding carboxylic acids is 1. The molecule has 0 spiro atoms. The molecule has 0 saturated carbocycles. The van der Waals surface area contributed by atoms with Gasteiger partial charge in [-0.3, -0.25) is 4.79 Å². The van der Waals surface area contributed by atoms with Crippen LogP contribution in [0.5, 0.6) is 5.75 Å². The van der Waals surface area contributed by atoms with Crippen molar-refractivity contribution in [2.75, 3.05) is 19.8 Å². The lowest BCUT2D eigenvalue weighted by Crippen LogP contribution is -2.47. The van der Waals surface area contributed by atoms with Crippen molar-refractivity contribution in [2.45, 2.75) is 6.92 Å². The third-order valence-electron chi connectivity index (χ3n) is 2.77. The third kappa shape index (κ3) is 2.02. The highest BCUT2D eigenvalue weighted by molar-refractivity contribution is 6.03. The third-order valence-corrected chi connectivity index (χ3v) is 2.77. The number of hydrogen-bond donors (Lipinski definition) is 0. The summed E-state index contributed by atoms with van der Waals surface area (Å²) in [5, 5.41) is 9.03. The lowest BCUT2D eigenvalue weighted by atomic mass is 9.80. The van der Waals surface area contributed by atoms with Gasteiger partial charge in [0.2, 0.25) is 0 Å². The van der Waals surface area contributed by atoms with Gasteiger partial charge in [-0.15, -0.1) is 0 Å². The molecule has 0 unspecified atom stereocenters. The molecule has 1 aromatic carbocycles. The van der Waals surface area contributed by atoms with Crippen LogP contribution in [-0.2, 0) is 4.74 Å². The zero-order valence-electron chi connectivity index (χ0n) is 9.60. The first-order valence-electron chi connectivity index (χ1n) is 5.48. The van der Waals surface area contributed by atoms with Gasteiger partial charge in [0.05, 0.1) is 25.9 Å². The number of rotatable bonds is 4. The fourth-order valence-corrected chi connectivity index (χ4v) is 1.70. The standard InChI is InChI=1S/C13H13NO3/c1-2-17-11-5-3-10(4-6-11)12(15)13(7-14)8-16-9-13/h3-6H,2,8-9H2,1H3. The van der Waals surface area contributed by atoms with Gasteiger partial charge in [0.1, 0.15) is 5.75 Å². The van der Waals surface area contributed by atoms with Crippen LogP contribution in [0.1, 0.15) is 17.3 Å². The number of hydrogen-bond acceptors (Lipinski definition) is 4.